The standard InChI is InChI=1S/C26H25F5N2O2/c1-16-5-10-18(11-6-16)23(24(32)34)33-22(19-3-2-4-21(15-19)35-25(27)28)14-9-17-7-12-20(13-8-17)26(29,30)31/h2-8,10-13,15,22-23,25,33H,9,14H2,1H3,(H2,32,34). The van der Waals surface area contributed by atoms with Gasteiger partial charge in [-0.25, -0.2) is 0 Å². The third-order valence-electron chi connectivity index (χ3n) is 5.55. The summed E-state index contributed by atoms with van der Waals surface area (Å²) in [5.41, 5.74) is 7.75. The van der Waals surface area contributed by atoms with Gasteiger partial charge < -0.3 is 10.5 Å². The predicted molar refractivity (Wildman–Crippen MR) is 122 cm³/mol. The van der Waals surface area contributed by atoms with E-state index >= 15 is 0 Å². The Bertz CT molecular complexity index is 1120. The number of alkyl halides is 5. The SMILES string of the molecule is Cc1ccc(C(NC(CCc2ccc(C(F)(F)F)cc2)c2cccc(OC(F)F)c2)C(N)=O)cc1. The molecule has 0 aliphatic carbocycles. The van der Waals surface area contributed by atoms with Crippen molar-refractivity contribution in [2.24, 2.45) is 5.73 Å². The molecule has 0 saturated heterocycles. The molecule has 3 N–H and O–H groups in total. The van der Waals surface area contributed by atoms with Crippen LogP contribution in [0, 0.1) is 6.92 Å². The zero-order valence-corrected chi connectivity index (χ0v) is 18.9. The Morgan fingerprint density at radius 1 is 0.971 bits per heavy atom. The first kappa shape index (κ1) is 26.2. The summed E-state index contributed by atoms with van der Waals surface area (Å²) < 4.78 is 68.6. The predicted octanol–water partition coefficient (Wildman–Crippen LogP) is 6.11. The van der Waals surface area contributed by atoms with E-state index in [1.165, 1.54) is 24.3 Å². The van der Waals surface area contributed by atoms with Gasteiger partial charge in [0.25, 0.3) is 0 Å². The molecule has 0 spiro atoms. The van der Waals surface area contributed by atoms with Crippen LogP contribution in [0.25, 0.3) is 0 Å². The summed E-state index contributed by atoms with van der Waals surface area (Å²) in [7, 11) is 0. The number of hydrogen-bond acceptors (Lipinski definition) is 3. The van der Waals surface area contributed by atoms with Crippen LogP contribution in [0.15, 0.2) is 72.8 Å². The van der Waals surface area contributed by atoms with Crippen LogP contribution < -0.4 is 15.8 Å². The second kappa shape index (κ2) is 11.3. The maximum absolute atomic E-state index is 12.9. The third kappa shape index (κ3) is 7.51. The van der Waals surface area contributed by atoms with E-state index in [1.807, 2.05) is 19.1 Å². The average molecular weight is 492 g/mol. The Kier molecular flexibility index (Phi) is 8.45. The molecule has 9 heteroatoms. The second-order valence-corrected chi connectivity index (χ2v) is 8.15. The first-order chi connectivity index (χ1) is 16.5. The first-order valence-corrected chi connectivity index (χ1v) is 10.9. The molecule has 0 radical (unpaired) electrons. The molecule has 3 rings (SSSR count). The summed E-state index contributed by atoms with van der Waals surface area (Å²) >= 11 is 0. The second-order valence-electron chi connectivity index (χ2n) is 8.15. The number of halogens is 5. The van der Waals surface area contributed by atoms with E-state index in [9.17, 15) is 26.7 Å². The number of benzene rings is 3. The lowest BCUT2D eigenvalue weighted by Crippen LogP contribution is -2.36. The molecular weight excluding hydrogens is 467 g/mol. The number of aryl methyl sites for hydroxylation is 2. The van der Waals surface area contributed by atoms with Crippen LogP contribution in [0.2, 0.25) is 0 Å². The molecule has 186 valence electrons. The summed E-state index contributed by atoms with van der Waals surface area (Å²) in [5, 5.41) is 3.19. The van der Waals surface area contributed by atoms with E-state index in [4.69, 9.17) is 5.73 Å². The monoisotopic (exact) mass is 492 g/mol. The van der Waals surface area contributed by atoms with Crippen molar-refractivity contribution < 1.29 is 31.5 Å². The Hall–Kier alpha value is -3.46. The van der Waals surface area contributed by atoms with E-state index in [1.54, 1.807) is 24.3 Å². The van der Waals surface area contributed by atoms with Crippen LogP contribution in [-0.4, -0.2) is 12.5 Å². The number of primary amides is 1. The third-order valence-corrected chi connectivity index (χ3v) is 5.55. The highest BCUT2D eigenvalue weighted by atomic mass is 19.4. The van der Waals surface area contributed by atoms with Gasteiger partial charge in [0.1, 0.15) is 11.8 Å². The molecular formula is C26H25F5N2O2. The van der Waals surface area contributed by atoms with E-state index in [0.29, 0.717) is 29.5 Å². The van der Waals surface area contributed by atoms with Gasteiger partial charge in [-0.3, -0.25) is 10.1 Å². The molecule has 4 nitrogen and oxygen atoms in total. The average Bonchev–Trinajstić information content (AvgIpc) is 2.79. The molecule has 0 bridgehead atoms. The van der Waals surface area contributed by atoms with Crippen LogP contribution in [0.1, 0.15) is 46.3 Å². The fourth-order valence-corrected chi connectivity index (χ4v) is 3.73. The largest absolute Gasteiger partial charge is 0.435 e. The fourth-order valence-electron chi connectivity index (χ4n) is 3.73. The van der Waals surface area contributed by atoms with Crippen molar-refractivity contribution in [1.82, 2.24) is 5.32 Å². The minimum Gasteiger partial charge on any atom is -0.435 e. The molecule has 0 aliphatic rings. The smallest absolute Gasteiger partial charge is 0.416 e. The zero-order chi connectivity index (χ0) is 25.6. The number of nitrogens with one attached hydrogen (secondary N) is 1. The molecule has 2 atom stereocenters. The lowest BCUT2D eigenvalue weighted by molar-refractivity contribution is -0.137. The Balaban J connectivity index is 1.87. The van der Waals surface area contributed by atoms with Gasteiger partial charge in [-0.1, -0.05) is 54.1 Å². The zero-order valence-electron chi connectivity index (χ0n) is 18.9. The highest BCUT2D eigenvalue weighted by Gasteiger charge is 2.30. The van der Waals surface area contributed by atoms with Gasteiger partial charge in [0, 0.05) is 6.04 Å². The van der Waals surface area contributed by atoms with E-state index < -0.39 is 36.3 Å². The summed E-state index contributed by atoms with van der Waals surface area (Å²) in [4.78, 5) is 12.3. The number of carbonyl (C=O) groups excluding carboxylic acids is 1. The van der Waals surface area contributed by atoms with Crippen LogP contribution >= 0.6 is 0 Å². The molecule has 3 aromatic carbocycles. The summed E-state index contributed by atoms with van der Waals surface area (Å²) in [6.07, 6.45) is -3.73. The van der Waals surface area contributed by atoms with Gasteiger partial charge in [-0.05, 0) is 60.7 Å². The molecule has 1 amide bonds. The van der Waals surface area contributed by atoms with Gasteiger partial charge >= 0.3 is 12.8 Å². The van der Waals surface area contributed by atoms with Crippen molar-refractivity contribution in [2.75, 3.05) is 0 Å². The number of nitrogens with two attached hydrogens (primary N) is 1. The topological polar surface area (TPSA) is 64.3 Å². The van der Waals surface area contributed by atoms with Crippen molar-refractivity contribution >= 4 is 5.91 Å². The van der Waals surface area contributed by atoms with E-state index in [2.05, 4.69) is 10.1 Å². The normalized spacial score (nSPS) is 13.5. The minimum absolute atomic E-state index is 0.0511. The molecule has 35 heavy (non-hydrogen) atoms. The number of carbonyl (C=O) groups is 1. The van der Waals surface area contributed by atoms with Crippen molar-refractivity contribution in [1.29, 1.82) is 0 Å². The Labute approximate surface area is 199 Å². The summed E-state index contributed by atoms with van der Waals surface area (Å²) in [5.74, 6) is -0.682. The van der Waals surface area contributed by atoms with Crippen molar-refractivity contribution in [3.05, 3.63) is 101 Å². The number of ether oxygens (including phenoxy) is 1. The summed E-state index contributed by atoms with van der Waals surface area (Å²) in [6, 6.07) is 16.6. The molecule has 0 heterocycles. The van der Waals surface area contributed by atoms with E-state index in [0.717, 1.165) is 17.7 Å². The number of hydrogen-bond donors (Lipinski definition) is 2. The minimum atomic E-state index is -4.43. The van der Waals surface area contributed by atoms with E-state index in [-0.39, 0.29) is 5.75 Å². The van der Waals surface area contributed by atoms with Gasteiger partial charge in [-0.15, -0.1) is 0 Å². The van der Waals surface area contributed by atoms with Crippen LogP contribution in [0.4, 0.5) is 22.0 Å². The van der Waals surface area contributed by atoms with Crippen molar-refractivity contribution in [2.45, 2.75) is 44.6 Å². The van der Waals surface area contributed by atoms with Gasteiger partial charge in [0.2, 0.25) is 5.91 Å². The van der Waals surface area contributed by atoms with Gasteiger partial charge in [-0.2, -0.15) is 22.0 Å². The molecule has 0 aliphatic heterocycles. The summed E-state index contributed by atoms with van der Waals surface area (Å²) in [6.45, 7) is -1.10. The van der Waals surface area contributed by atoms with Gasteiger partial charge in [0.15, 0.2) is 0 Å². The maximum Gasteiger partial charge on any atom is 0.416 e. The highest BCUT2D eigenvalue weighted by Crippen LogP contribution is 2.31. The molecule has 3 aromatic rings. The van der Waals surface area contributed by atoms with Crippen LogP contribution in [0.3, 0.4) is 0 Å². The number of amides is 1. The molecule has 0 saturated carbocycles. The Morgan fingerprint density at radius 3 is 2.20 bits per heavy atom. The highest BCUT2D eigenvalue weighted by molar-refractivity contribution is 5.81. The maximum atomic E-state index is 12.9. The number of rotatable bonds is 10. The molecule has 0 aromatic heterocycles. The molecule has 0 fully saturated rings. The first-order valence-electron chi connectivity index (χ1n) is 10.9. The van der Waals surface area contributed by atoms with Crippen LogP contribution in [-0.2, 0) is 17.4 Å². The quantitative estimate of drug-likeness (QED) is 0.336. The lowest BCUT2D eigenvalue weighted by Gasteiger charge is -2.25. The van der Waals surface area contributed by atoms with Crippen LogP contribution in [0.5, 0.6) is 5.75 Å². The van der Waals surface area contributed by atoms with Gasteiger partial charge in [0.05, 0.1) is 5.56 Å². The lowest BCUT2D eigenvalue weighted by atomic mass is 9.95. The molecule has 2 unspecified atom stereocenters. The van der Waals surface area contributed by atoms with Crippen molar-refractivity contribution in [3.8, 4) is 5.75 Å². The van der Waals surface area contributed by atoms with Crippen molar-refractivity contribution in [3.63, 3.8) is 0 Å². The Morgan fingerprint density at radius 2 is 1.63 bits per heavy atom. The fraction of sp³-hybridized carbons (Fsp3) is 0.269.